The zero-order valence-electron chi connectivity index (χ0n) is 18.5. The van der Waals surface area contributed by atoms with E-state index in [9.17, 15) is 24.9 Å². The van der Waals surface area contributed by atoms with E-state index < -0.39 is 76.1 Å². The van der Waals surface area contributed by atoms with Crippen LogP contribution in [0.15, 0.2) is 12.2 Å². The summed E-state index contributed by atoms with van der Waals surface area (Å²) in [6.07, 6.45) is -2.28. The van der Waals surface area contributed by atoms with E-state index in [1.165, 1.54) is 14.0 Å². The molecule has 31 heavy (non-hydrogen) atoms. The van der Waals surface area contributed by atoms with Crippen molar-refractivity contribution in [2.75, 3.05) is 7.11 Å². The highest BCUT2D eigenvalue weighted by molar-refractivity contribution is 6.05. The standard InChI is InChI=1S/C23H32O8/c1-10-12-6-7-13-21-14(30-11(2)24)8-9-20(3,4)15(21)18(27)23(28,31-19(21)29-5)22(13,16(10)25)17(12)26/h12-15,17-19,26-28H,1,6-9H2,2-5H3. The van der Waals surface area contributed by atoms with E-state index in [1.54, 1.807) is 0 Å². The average Bonchev–Trinajstić information content (AvgIpc) is 2.80. The van der Waals surface area contributed by atoms with Gasteiger partial charge >= 0.3 is 5.97 Å². The van der Waals surface area contributed by atoms with Gasteiger partial charge in [-0.15, -0.1) is 0 Å². The SMILES string of the molecule is C=C1C(=O)C23C(O)C1CCC2C12C(OC(C)=O)CCC(C)(C)C1C(O)C3(O)OC2OC. The maximum atomic E-state index is 13.7. The van der Waals surface area contributed by atoms with Gasteiger partial charge in [-0.3, -0.25) is 9.59 Å². The summed E-state index contributed by atoms with van der Waals surface area (Å²) in [5, 5.41) is 35.0. The predicted octanol–water partition coefficient (Wildman–Crippen LogP) is 0.919. The molecule has 0 amide bonds. The Balaban J connectivity index is 1.84. The third-order valence-corrected chi connectivity index (χ3v) is 9.40. The Hall–Kier alpha value is -1.32. The second kappa shape index (κ2) is 6.17. The van der Waals surface area contributed by atoms with Crippen LogP contribution >= 0.6 is 0 Å². The van der Waals surface area contributed by atoms with Crippen LogP contribution in [0.3, 0.4) is 0 Å². The highest BCUT2D eigenvalue weighted by Gasteiger charge is 2.89. The van der Waals surface area contributed by atoms with Gasteiger partial charge in [-0.25, -0.2) is 0 Å². The molecule has 2 saturated heterocycles. The number of hydrogen-bond donors (Lipinski definition) is 3. The van der Waals surface area contributed by atoms with Gasteiger partial charge in [0.15, 0.2) is 12.1 Å². The molecule has 6 fully saturated rings. The molecule has 2 aliphatic heterocycles. The quantitative estimate of drug-likeness (QED) is 0.431. The van der Waals surface area contributed by atoms with Crippen molar-refractivity contribution in [2.24, 2.45) is 34.0 Å². The van der Waals surface area contributed by atoms with Crippen LogP contribution in [0.5, 0.6) is 0 Å². The van der Waals surface area contributed by atoms with Gasteiger partial charge in [-0.05, 0) is 42.6 Å². The number of rotatable bonds is 2. The first kappa shape index (κ1) is 21.5. The molecule has 3 N–H and O–H groups in total. The van der Waals surface area contributed by atoms with Crippen molar-refractivity contribution >= 4 is 11.8 Å². The highest BCUT2D eigenvalue weighted by Crippen LogP contribution is 2.78. The van der Waals surface area contributed by atoms with E-state index in [-0.39, 0.29) is 5.57 Å². The molecule has 4 bridgehead atoms. The number of fused-ring (bicyclic) bond motifs is 2. The molecule has 0 aromatic heterocycles. The molecular weight excluding hydrogens is 404 g/mol. The van der Waals surface area contributed by atoms with Crippen LogP contribution in [-0.4, -0.2) is 64.6 Å². The van der Waals surface area contributed by atoms with Crippen LogP contribution in [0.1, 0.15) is 46.5 Å². The summed E-state index contributed by atoms with van der Waals surface area (Å²) in [7, 11) is 1.45. The maximum absolute atomic E-state index is 13.7. The van der Waals surface area contributed by atoms with E-state index >= 15 is 0 Å². The predicted molar refractivity (Wildman–Crippen MR) is 106 cm³/mol. The number of aliphatic hydroxyl groups excluding tert-OH is 2. The fourth-order valence-electron chi connectivity index (χ4n) is 8.52. The Kier molecular flexibility index (Phi) is 4.28. The van der Waals surface area contributed by atoms with Crippen molar-refractivity contribution in [1.29, 1.82) is 0 Å². The number of esters is 1. The molecule has 6 aliphatic rings. The second-order valence-corrected chi connectivity index (χ2v) is 10.8. The van der Waals surface area contributed by atoms with Gasteiger partial charge in [0.05, 0.1) is 11.5 Å². The lowest BCUT2D eigenvalue weighted by atomic mass is 9.35. The molecule has 2 heterocycles. The van der Waals surface area contributed by atoms with Gasteiger partial charge in [-0.2, -0.15) is 0 Å². The van der Waals surface area contributed by atoms with Crippen molar-refractivity contribution in [2.45, 2.75) is 76.8 Å². The minimum atomic E-state index is -2.34. The normalized spacial score (nSPS) is 54.4. The van der Waals surface area contributed by atoms with Gasteiger partial charge in [0.25, 0.3) is 0 Å². The van der Waals surface area contributed by atoms with Crippen molar-refractivity contribution < 1.29 is 39.1 Å². The minimum Gasteiger partial charge on any atom is -0.462 e. The largest absolute Gasteiger partial charge is 0.462 e. The molecule has 6 rings (SSSR count). The number of carbonyl (C=O) groups is 2. The molecular formula is C23H32O8. The molecule has 0 aromatic rings. The lowest BCUT2D eigenvalue weighted by molar-refractivity contribution is -0.509. The number of ether oxygens (including phenoxy) is 3. The lowest BCUT2D eigenvalue weighted by Gasteiger charge is -2.76. The monoisotopic (exact) mass is 436 g/mol. The van der Waals surface area contributed by atoms with Crippen LogP contribution in [-0.2, 0) is 23.8 Å². The van der Waals surface area contributed by atoms with Crippen molar-refractivity contribution in [3.8, 4) is 0 Å². The first-order chi connectivity index (χ1) is 14.4. The van der Waals surface area contributed by atoms with Crippen molar-refractivity contribution in [3.63, 3.8) is 0 Å². The first-order valence-corrected chi connectivity index (χ1v) is 11.1. The Labute approximate surface area is 181 Å². The van der Waals surface area contributed by atoms with Crippen LogP contribution < -0.4 is 0 Å². The summed E-state index contributed by atoms with van der Waals surface area (Å²) in [4.78, 5) is 25.8. The van der Waals surface area contributed by atoms with Gasteiger partial charge in [0, 0.05) is 25.9 Å². The number of ketones is 1. The van der Waals surface area contributed by atoms with Gasteiger partial charge in [0.2, 0.25) is 5.79 Å². The summed E-state index contributed by atoms with van der Waals surface area (Å²) in [5.41, 5.74) is -3.10. The number of aliphatic hydroxyl groups is 3. The summed E-state index contributed by atoms with van der Waals surface area (Å²) in [6, 6.07) is 0. The zero-order chi connectivity index (χ0) is 22.7. The number of carbonyl (C=O) groups excluding carboxylic acids is 2. The number of methoxy groups -OCH3 is 1. The van der Waals surface area contributed by atoms with Gasteiger partial charge in [0.1, 0.15) is 17.6 Å². The molecule has 2 spiro atoms. The van der Waals surface area contributed by atoms with E-state index in [2.05, 4.69) is 6.58 Å². The Morgan fingerprint density at radius 1 is 1.19 bits per heavy atom. The smallest absolute Gasteiger partial charge is 0.302 e. The second-order valence-electron chi connectivity index (χ2n) is 10.8. The van der Waals surface area contributed by atoms with E-state index in [1.807, 2.05) is 13.8 Å². The molecule has 172 valence electrons. The number of hydrogen-bond acceptors (Lipinski definition) is 8. The fraction of sp³-hybridized carbons (Fsp3) is 0.826. The summed E-state index contributed by atoms with van der Waals surface area (Å²) >= 11 is 0. The molecule has 8 heteroatoms. The van der Waals surface area contributed by atoms with E-state index in [0.29, 0.717) is 25.7 Å². The molecule has 0 aromatic carbocycles. The Morgan fingerprint density at radius 3 is 2.48 bits per heavy atom. The van der Waals surface area contributed by atoms with Crippen LogP contribution in [0.4, 0.5) is 0 Å². The third-order valence-electron chi connectivity index (χ3n) is 9.40. The molecule has 0 radical (unpaired) electrons. The lowest BCUT2D eigenvalue weighted by Crippen LogP contribution is -2.88. The molecule has 4 aliphatic carbocycles. The third kappa shape index (κ3) is 2.05. The Morgan fingerprint density at radius 2 is 1.87 bits per heavy atom. The molecule has 8 nitrogen and oxygen atoms in total. The van der Waals surface area contributed by atoms with Crippen LogP contribution in [0.2, 0.25) is 0 Å². The summed E-state index contributed by atoms with van der Waals surface area (Å²) < 4.78 is 17.6. The fourth-order valence-corrected chi connectivity index (χ4v) is 8.52. The van der Waals surface area contributed by atoms with Gasteiger partial charge < -0.3 is 29.5 Å². The van der Waals surface area contributed by atoms with E-state index in [4.69, 9.17) is 14.2 Å². The highest BCUT2D eigenvalue weighted by atomic mass is 16.8. The first-order valence-electron chi connectivity index (χ1n) is 11.1. The summed E-state index contributed by atoms with van der Waals surface area (Å²) in [5.74, 6) is -4.97. The van der Waals surface area contributed by atoms with E-state index in [0.717, 1.165) is 0 Å². The molecule has 10 unspecified atom stereocenters. The number of Topliss-reactive ketones (excluding diaryl/α,β-unsaturated/α-hetero) is 1. The topological polar surface area (TPSA) is 123 Å². The van der Waals surface area contributed by atoms with Crippen LogP contribution in [0.25, 0.3) is 0 Å². The minimum absolute atomic E-state index is 0.257. The van der Waals surface area contributed by atoms with Crippen LogP contribution in [0, 0.1) is 34.0 Å². The molecule has 10 atom stereocenters. The molecule has 4 saturated carbocycles. The van der Waals surface area contributed by atoms with Gasteiger partial charge in [-0.1, -0.05) is 20.4 Å². The Bertz CT molecular complexity index is 868. The van der Waals surface area contributed by atoms with Crippen molar-refractivity contribution in [3.05, 3.63) is 12.2 Å². The maximum Gasteiger partial charge on any atom is 0.302 e. The average molecular weight is 437 g/mol. The zero-order valence-corrected chi connectivity index (χ0v) is 18.5. The van der Waals surface area contributed by atoms with Crippen molar-refractivity contribution in [1.82, 2.24) is 0 Å². The summed E-state index contributed by atoms with van der Waals surface area (Å²) in [6.45, 7) is 9.26.